The maximum absolute atomic E-state index is 4.50. The second-order valence-corrected chi connectivity index (χ2v) is 4.45. The Morgan fingerprint density at radius 1 is 1.27 bits per heavy atom. The molecule has 3 nitrogen and oxygen atoms in total. The number of nitrogens with zero attached hydrogens (tertiary/aromatic N) is 2. The molecule has 0 atom stereocenters. The molecule has 1 aliphatic rings. The molecule has 1 aromatic heterocycles. The third-order valence-corrected chi connectivity index (χ3v) is 2.98. The third kappa shape index (κ3) is 2.99. The summed E-state index contributed by atoms with van der Waals surface area (Å²) in [6, 6.07) is 2.12. The Morgan fingerprint density at radius 3 is 2.67 bits per heavy atom. The lowest BCUT2D eigenvalue weighted by Gasteiger charge is -2.22. The molecule has 0 saturated carbocycles. The van der Waals surface area contributed by atoms with Crippen LogP contribution in [0, 0.1) is 19.8 Å². The Hall–Kier alpha value is -0.960. The first-order valence-corrected chi connectivity index (χ1v) is 5.76. The quantitative estimate of drug-likeness (QED) is 0.797. The van der Waals surface area contributed by atoms with Gasteiger partial charge in [-0.1, -0.05) is 0 Å². The highest BCUT2D eigenvalue weighted by atomic mass is 14.9. The zero-order chi connectivity index (χ0) is 10.7. The summed E-state index contributed by atoms with van der Waals surface area (Å²) in [6.45, 7) is 6.33. The van der Waals surface area contributed by atoms with Crippen LogP contribution in [0.15, 0.2) is 6.07 Å². The van der Waals surface area contributed by atoms with Gasteiger partial charge in [-0.15, -0.1) is 0 Å². The number of aromatic nitrogens is 2. The van der Waals surface area contributed by atoms with Gasteiger partial charge in [0.05, 0.1) is 0 Å². The molecule has 82 valence electrons. The van der Waals surface area contributed by atoms with E-state index in [-0.39, 0.29) is 0 Å². The SMILES string of the molecule is Cc1cc(CC2CCNCC2)nc(C)n1. The number of hydrogen-bond donors (Lipinski definition) is 1. The molecule has 1 aliphatic heterocycles. The van der Waals surface area contributed by atoms with Crippen molar-refractivity contribution in [3.05, 3.63) is 23.3 Å². The van der Waals surface area contributed by atoms with Crippen molar-refractivity contribution in [3.63, 3.8) is 0 Å². The van der Waals surface area contributed by atoms with Crippen LogP contribution in [0.4, 0.5) is 0 Å². The molecule has 1 saturated heterocycles. The van der Waals surface area contributed by atoms with E-state index in [0.29, 0.717) is 0 Å². The predicted octanol–water partition coefficient (Wildman–Crippen LogP) is 1.64. The van der Waals surface area contributed by atoms with Crippen molar-refractivity contribution in [1.82, 2.24) is 15.3 Å². The zero-order valence-electron chi connectivity index (χ0n) is 9.58. The van der Waals surface area contributed by atoms with Gasteiger partial charge in [0.25, 0.3) is 0 Å². The average molecular weight is 205 g/mol. The molecule has 0 amide bonds. The summed E-state index contributed by atoms with van der Waals surface area (Å²) >= 11 is 0. The van der Waals surface area contributed by atoms with E-state index < -0.39 is 0 Å². The molecule has 1 fully saturated rings. The van der Waals surface area contributed by atoms with Crippen LogP contribution in [-0.4, -0.2) is 23.1 Å². The number of hydrogen-bond acceptors (Lipinski definition) is 3. The molecule has 1 aromatic rings. The summed E-state index contributed by atoms with van der Waals surface area (Å²) in [5.41, 5.74) is 2.30. The molecule has 2 heterocycles. The fourth-order valence-corrected chi connectivity index (χ4v) is 2.28. The van der Waals surface area contributed by atoms with Gasteiger partial charge < -0.3 is 5.32 Å². The second kappa shape index (κ2) is 4.71. The topological polar surface area (TPSA) is 37.8 Å². The molecule has 0 unspecified atom stereocenters. The summed E-state index contributed by atoms with van der Waals surface area (Å²) < 4.78 is 0. The Morgan fingerprint density at radius 2 is 2.00 bits per heavy atom. The fraction of sp³-hybridized carbons (Fsp3) is 0.667. The molecule has 3 heteroatoms. The van der Waals surface area contributed by atoms with Crippen LogP contribution in [0.2, 0.25) is 0 Å². The molecule has 15 heavy (non-hydrogen) atoms. The monoisotopic (exact) mass is 205 g/mol. The number of nitrogens with one attached hydrogen (secondary N) is 1. The fourth-order valence-electron chi connectivity index (χ4n) is 2.28. The molecule has 0 bridgehead atoms. The van der Waals surface area contributed by atoms with Crippen LogP contribution in [0.5, 0.6) is 0 Å². The lowest BCUT2D eigenvalue weighted by atomic mass is 9.93. The maximum Gasteiger partial charge on any atom is 0.125 e. The van der Waals surface area contributed by atoms with Gasteiger partial charge in [-0.3, -0.25) is 0 Å². The predicted molar refractivity (Wildman–Crippen MR) is 60.8 cm³/mol. The van der Waals surface area contributed by atoms with Crippen LogP contribution >= 0.6 is 0 Å². The zero-order valence-corrected chi connectivity index (χ0v) is 9.58. The van der Waals surface area contributed by atoms with E-state index in [1.807, 2.05) is 13.8 Å². The van der Waals surface area contributed by atoms with Gasteiger partial charge in [-0.05, 0) is 58.2 Å². The highest BCUT2D eigenvalue weighted by Crippen LogP contribution is 2.17. The summed E-state index contributed by atoms with van der Waals surface area (Å²) in [5.74, 6) is 1.71. The van der Waals surface area contributed by atoms with E-state index in [4.69, 9.17) is 0 Å². The third-order valence-electron chi connectivity index (χ3n) is 2.98. The first-order valence-electron chi connectivity index (χ1n) is 5.76. The standard InChI is InChI=1S/C12H19N3/c1-9-7-12(15-10(2)14-9)8-11-3-5-13-6-4-11/h7,11,13H,3-6,8H2,1-2H3. The van der Waals surface area contributed by atoms with Crippen molar-refractivity contribution >= 4 is 0 Å². The van der Waals surface area contributed by atoms with E-state index in [0.717, 1.165) is 36.9 Å². The normalized spacial score (nSPS) is 18.0. The van der Waals surface area contributed by atoms with Gasteiger partial charge >= 0.3 is 0 Å². The minimum absolute atomic E-state index is 0.806. The largest absolute Gasteiger partial charge is 0.317 e. The first kappa shape index (κ1) is 10.6. The molecule has 1 N–H and O–H groups in total. The van der Waals surface area contributed by atoms with Crippen molar-refractivity contribution in [1.29, 1.82) is 0 Å². The smallest absolute Gasteiger partial charge is 0.125 e. The lowest BCUT2D eigenvalue weighted by Crippen LogP contribution is -2.28. The number of aryl methyl sites for hydroxylation is 2. The average Bonchev–Trinajstić information content (AvgIpc) is 2.17. The molecular weight excluding hydrogens is 186 g/mol. The Kier molecular flexibility index (Phi) is 3.31. The minimum atomic E-state index is 0.806. The van der Waals surface area contributed by atoms with E-state index in [1.165, 1.54) is 18.5 Å². The Balaban J connectivity index is 2.02. The Labute approximate surface area is 91.3 Å². The highest BCUT2D eigenvalue weighted by Gasteiger charge is 2.14. The van der Waals surface area contributed by atoms with Gasteiger partial charge in [-0.25, -0.2) is 9.97 Å². The van der Waals surface area contributed by atoms with Gasteiger partial charge in [0.15, 0.2) is 0 Å². The van der Waals surface area contributed by atoms with Crippen molar-refractivity contribution in [2.75, 3.05) is 13.1 Å². The molecular formula is C12H19N3. The van der Waals surface area contributed by atoms with Gasteiger partial charge in [0.2, 0.25) is 0 Å². The van der Waals surface area contributed by atoms with E-state index in [9.17, 15) is 0 Å². The second-order valence-electron chi connectivity index (χ2n) is 4.45. The maximum atomic E-state index is 4.50. The van der Waals surface area contributed by atoms with Crippen LogP contribution in [-0.2, 0) is 6.42 Å². The van der Waals surface area contributed by atoms with Crippen molar-refractivity contribution in [2.45, 2.75) is 33.1 Å². The molecule has 0 radical (unpaired) electrons. The lowest BCUT2D eigenvalue weighted by molar-refractivity contribution is 0.370. The number of rotatable bonds is 2. The molecule has 0 aliphatic carbocycles. The summed E-state index contributed by atoms with van der Waals surface area (Å²) in [7, 11) is 0. The highest BCUT2D eigenvalue weighted by molar-refractivity contribution is 5.10. The summed E-state index contributed by atoms with van der Waals surface area (Å²) in [6.07, 6.45) is 3.68. The Bertz CT molecular complexity index is 309. The summed E-state index contributed by atoms with van der Waals surface area (Å²) in [4.78, 5) is 8.80. The van der Waals surface area contributed by atoms with E-state index >= 15 is 0 Å². The van der Waals surface area contributed by atoms with Crippen LogP contribution in [0.1, 0.15) is 30.1 Å². The van der Waals surface area contributed by atoms with Gasteiger partial charge in [0, 0.05) is 11.4 Å². The van der Waals surface area contributed by atoms with Crippen molar-refractivity contribution in [3.8, 4) is 0 Å². The number of piperidine rings is 1. The molecule has 0 aromatic carbocycles. The van der Waals surface area contributed by atoms with Gasteiger partial charge in [0.1, 0.15) is 5.82 Å². The van der Waals surface area contributed by atoms with E-state index in [2.05, 4.69) is 21.4 Å². The first-order chi connectivity index (χ1) is 7.24. The van der Waals surface area contributed by atoms with Crippen molar-refractivity contribution < 1.29 is 0 Å². The van der Waals surface area contributed by atoms with Gasteiger partial charge in [-0.2, -0.15) is 0 Å². The summed E-state index contributed by atoms with van der Waals surface area (Å²) in [5, 5.41) is 3.39. The molecule has 0 spiro atoms. The minimum Gasteiger partial charge on any atom is -0.317 e. The van der Waals surface area contributed by atoms with Crippen LogP contribution in [0.3, 0.4) is 0 Å². The van der Waals surface area contributed by atoms with Crippen LogP contribution < -0.4 is 5.32 Å². The van der Waals surface area contributed by atoms with Crippen LogP contribution in [0.25, 0.3) is 0 Å². The van der Waals surface area contributed by atoms with E-state index in [1.54, 1.807) is 0 Å². The van der Waals surface area contributed by atoms with Crippen molar-refractivity contribution in [2.24, 2.45) is 5.92 Å². The molecule has 2 rings (SSSR count).